The second-order valence-corrected chi connectivity index (χ2v) is 10.2. The van der Waals surface area contributed by atoms with E-state index in [1.807, 2.05) is 5.16 Å². The molecule has 1 atom stereocenters. The number of ether oxygens (including phenoxy) is 2. The van der Waals surface area contributed by atoms with Gasteiger partial charge in [-0.3, -0.25) is 4.79 Å². The number of esters is 1. The molecule has 3 aromatic rings. The first-order valence-electron chi connectivity index (χ1n) is 10.9. The topological polar surface area (TPSA) is 82.0 Å². The summed E-state index contributed by atoms with van der Waals surface area (Å²) in [5.74, 6) is -1.20. The molecular weight excluding hydrogens is 527 g/mol. The van der Waals surface area contributed by atoms with Crippen molar-refractivity contribution in [3.8, 4) is 5.75 Å². The Morgan fingerprint density at radius 3 is 2.32 bits per heavy atom. The van der Waals surface area contributed by atoms with Gasteiger partial charge in [0.25, 0.3) is 0 Å². The number of thiocarbonyl (C=S) groups is 1. The summed E-state index contributed by atoms with van der Waals surface area (Å²) in [7, 11) is -2.56. The number of methoxy groups -OCH3 is 1. The largest absolute Gasteiger partial charge is 0.489 e. The van der Waals surface area contributed by atoms with Gasteiger partial charge in [0.15, 0.2) is 9.84 Å². The monoisotopic (exact) mass is 549 g/mol. The van der Waals surface area contributed by atoms with Gasteiger partial charge in [0, 0.05) is 5.92 Å². The Morgan fingerprint density at radius 2 is 1.73 bits per heavy atom. The third-order valence-corrected chi connectivity index (χ3v) is 7.32. The number of carbonyl (C=O) groups is 1. The summed E-state index contributed by atoms with van der Waals surface area (Å²) in [6.07, 6.45) is -4.68. The number of nitrogens with zero attached hydrogens (tertiary/aromatic N) is 1. The predicted octanol–water partition coefficient (Wildman–Crippen LogP) is 6.14. The summed E-state index contributed by atoms with van der Waals surface area (Å²) in [4.78, 5) is 15.5. The number of aliphatic imine (C=N–C) groups is 1. The van der Waals surface area contributed by atoms with Gasteiger partial charge in [0.2, 0.25) is 0 Å². The number of halogens is 3. The van der Waals surface area contributed by atoms with Crippen LogP contribution >= 0.6 is 12.2 Å². The van der Waals surface area contributed by atoms with E-state index >= 15 is 0 Å². The standard InChI is InChI=1S/C26H22F3NO5S2/c1-34-25(31)13-20(19-5-3-2-4-6-19)16-37(32,33)24-9-7-23(8-10-24)35-15-18-11-21(26(27,28)29)14-22(12-18)30-17-36/h2-12,14,20H,13,15-16H2,1H3/t20-/m0/s1. The van der Waals surface area contributed by atoms with Gasteiger partial charge in [-0.25, -0.2) is 8.42 Å². The fraction of sp³-hybridized carbons (Fsp3) is 0.231. The molecule has 11 heteroatoms. The Hall–Kier alpha value is -3.53. The minimum atomic E-state index is -4.58. The van der Waals surface area contributed by atoms with Crippen LogP contribution in [0.3, 0.4) is 0 Å². The lowest BCUT2D eigenvalue weighted by molar-refractivity contribution is -0.141. The number of carbonyl (C=O) groups excluding carboxylic acids is 1. The van der Waals surface area contributed by atoms with Crippen LogP contribution in [0.25, 0.3) is 0 Å². The number of sulfone groups is 1. The molecule has 0 N–H and O–H groups in total. The smallest absolute Gasteiger partial charge is 0.416 e. The lowest BCUT2D eigenvalue weighted by Crippen LogP contribution is -2.19. The molecule has 0 saturated carbocycles. The molecule has 0 aliphatic heterocycles. The second-order valence-electron chi connectivity index (χ2n) is 8.02. The zero-order valence-electron chi connectivity index (χ0n) is 19.6. The normalized spacial score (nSPS) is 12.3. The van der Waals surface area contributed by atoms with Gasteiger partial charge in [0.1, 0.15) is 12.4 Å². The van der Waals surface area contributed by atoms with Gasteiger partial charge in [-0.1, -0.05) is 30.3 Å². The molecule has 0 aromatic heterocycles. The van der Waals surface area contributed by atoms with E-state index in [4.69, 9.17) is 9.47 Å². The van der Waals surface area contributed by atoms with E-state index in [1.165, 1.54) is 37.4 Å². The molecule has 0 amide bonds. The molecule has 37 heavy (non-hydrogen) atoms. The Labute approximate surface area is 217 Å². The Kier molecular flexibility index (Phi) is 9.20. The molecule has 3 rings (SSSR count). The molecule has 0 heterocycles. The second kappa shape index (κ2) is 12.1. The first-order chi connectivity index (χ1) is 17.5. The highest BCUT2D eigenvalue weighted by molar-refractivity contribution is 7.91. The van der Waals surface area contributed by atoms with Crippen molar-refractivity contribution in [3.63, 3.8) is 0 Å². The maximum atomic E-state index is 13.2. The maximum Gasteiger partial charge on any atom is 0.416 e. The van der Waals surface area contributed by atoms with Crippen LogP contribution in [0.2, 0.25) is 0 Å². The Balaban J connectivity index is 1.75. The summed E-state index contributed by atoms with van der Waals surface area (Å²) in [5, 5.41) is 2.04. The zero-order valence-corrected chi connectivity index (χ0v) is 21.2. The average molecular weight is 550 g/mol. The van der Waals surface area contributed by atoms with Crippen LogP contribution in [0.5, 0.6) is 5.75 Å². The minimum Gasteiger partial charge on any atom is -0.489 e. The third kappa shape index (κ3) is 7.98. The number of benzene rings is 3. The lowest BCUT2D eigenvalue weighted by Gasteiger charge is -2.17. The van der Waals surface area contributed by atoms with Crippen molar-refractivity contribution in [2.24, 2.45) is 4.99 Å². The summed E-state index contributed by atoms with van der Waals surface area (Å²) in [5.41, 5.74) is -0.0253. The van der Waals surface area contributed by atoms with Gasteiger partial charge in [0.05, 0.1) is 40.6 Å². The van der Waals surface area contributed by atoms with Crippen LogP contribution in [-0.2, 0) is 32.2 Å². The quantitative estimate of drug-likeness (QED) is 0.172. The molecule has 0 aliphatic rings. The van der Waals surface area contributed by atoms with Gasteiger partial charge < -0.3 is 9.47 Å². The van der Waals surface area contributed by atoms with Gasteiger partial charge >= 0.3 is 12.1 Å². The molecule has 0 radical (unpaired) electrons. The number of alkyl halides is 3. The molecule has 0 saturated heterocycles. The van der Waals surface area contributed by atoms with E-state index in [-0.39, 0.29) is 40.7 Å². The fourth-order valence-electron chi connectivity index (χ4n) is 3.59. The van der Waals surface area contributed by atoms with Gasteiger partial charge in [-0.05, 0) is 65.8 Å². The van der Waals surface area contributed by atoms with Gasteiger partial charge in [-0.2, -0.15) is 18.2 Å². The summed E-state index contributed by atoms with van der Waals surface area (Å²) in [6, 6.07) is 17.5. The van der Waals surface area contributed by atoms with Crippen LogP contribution in [-0.4, -0.2) is 32.4 Å². The SMILES string of the molecule is COC(=O)C[C@@H](CS(=O)(=O)c1ccc(OCc2cc(N=C=S)cc(C(F)(F)F)c2)cc1)c1ccccc1. The molecule has 194 valence electrons. The van der Waals surface area contributed by atoms with Crippen molar-refractivity contribution in [3.05, 3.63) is 89.5 Å². The predicted molar refractivity (Wildman–Crippen MR) is 135 cm³/mol. The minimum absolute atomic E-state index is 0.00945. The lowest BCUT2D eigenvalue weighted by atomic mass is 9.98. The van der Waals surface area contributed by atoms with Crippen LogP contribution < -0.4 is 4.74 Å². The van der Waals surface area contributed by atoms with E-state index in [2.05, 4.69) is 17.2 Å². The molecule has 0 spiro atoms. The number of hydrogen-bond acceptors (Lipinski definition) is 7. The number of hydrogen-bond donors (Lipinski definition) is 0. The third-order valence-electron chi connectivity index (χ3n) is 5.40. The highest BCUT2D eigenvalue weighted by atomic mass is 32.2. The fourth-order valence-corrected chi connectivity index (χ4v) is 5.28. The molecule has 0 unspecified atom stereocenters. The molecule has 0 fully saturated rings. The zero-order chi connectivity index (χ0) is 27.1. The molecule has 0 aliphatic carbocycles. The van der Waals surface area contributed by atoms with Crippen molar-refractivity contribution in [2.45, 2.75) is 30.0 Å². The highest BCUT2D eigenvalue weighted by Crippen LogP contribution is 2.33. The number of isothiocyanates is 1. The first-order valence-corrected chi connectivity index (χ1v) is 12.9. The summed E-state index contributed by atoms with van der Waals surface area (Å²) >= 11 is 4.48. The molecular formula is C26H22F3NO5S2. The van der Waals surface area contributed by atoms with Crippen molar-refractivity contribution >= 4 is 38.9 Å². The average Bonchev–Trinajstić information content (AvgIpc) is 2.87. The van der Waals surface area contributed by atoms with Gasteiger partial charge in [-0.15, -0.1) is 0 Å². The highest BCUT2D eigenvalue weighted by Gasteiger charge is 2.31. The van der Waals surface area contributed by atoms with E-state index in [1.54, 1.807) is 30.3 Å². The van der Waals surface area contributed by atoms with E-state index < -0.39 is 33.5 Å². The van der Waals surface area contributed by atoms with Crippen molar-refractivity contribution in [1.29, 1.82) is 0 Å². The van der Waals surface area contributed by atoms with Crippen molar-refractivity contribution < 1.29 is 35.9 Å². The molecule has 3 aromatic carbocycles. The molecule has 6 nitrogen and oxygen atoms in total. The summed E-state index contributed by atoms with van der Waals surface area (Å²) in [6.45, 7) is -0.217. The Bertz CT molecular complexity index is 1390. The van der Waals surface area contributed by atoms with Crippen LogP contribution in [0, 0.1) is 0 Å². The maximum absolute atomic E-state index is 13.2. The summed E-state index contributed by atoms with van der Waals surface area (Å²) < 4.78 is 76.0. The van der Waals surface area contributed by atoms with Crippen molar-refractivity contribution in [2.75, 3.05) is 12.9 Å². The van der Waals surface area contributed by atoms with Crippen molar-refractivity contribution in [1.82, 2.24) is 0 Å². The first kappa shape index (κ1) is 28.0. The van der Waals surface area contributed by atoms with E-state index in [0.717, 1.165) is 12.1 Å². The van der Waals surface area contributed by atoms with Crippen LogP contribution in [0.15, 0.2) is 82.7 Å². The van der Waals surface area contributed by atoms with Crippen LogP contribution in [0.4, 0.5) is 18.9 Å². The number of rotatable bonds is 10. The van der Waals surface area contributed by atoms with E-state index in [9.17, 15) is 26.4 Å². The van der Waals surface area contributed by atoms with Crippen LogP contribution in [0.1, 0.15) is 29.0 Å². The Morgan fingerprint density at radius 1 is 1.05 bits per heavy atom. The molecule has 0 bridgehead atoms. The van der Waals surface area contributed by atoms with E-state index in [0.29, 0.717) is 5.56 Å².